The third-order valence-corrected chi connectivity index (χ3v) is 5.58. The SMILES string of the molecule is CCN1C(=O)C2(N=C(NC(C)=O)N(C(C)=O)c3nc4ccccc4n32)c2ccccc21. The zero-order valence-corrected chi connectivity index (χ0v) is 17.3. The summed E-state index contributed by atoms with van der Waals surface area (Å²) in [4.78, 5) is 50.8. The monoisotopic (exact) mass is 416 g/mol. The fourth-order valence-electron chi connectivity index (χ4n) is 4.42. The summed E-state index contributed by atoms with van der Waals surface area (Å²) in [5.41, 5.74) is 1.15. The predicted molar refractivity (Wildman–Crippen MR) is 116 cm³/mol. The summed E-state index contributed by atoms with van der Waals surface area (Å²) >= 11 is 0. The standard InChI is InChI=1S/C22H20N6O3/c1-4-26-17-11-7-5-9-15(17)22(19(26)31)25-20(23-13(2)29)27(14(3)30)21-24-16-10-6-8-12-18(16)28(21)22/h5-12H,4H2,1-3H3,(H,23,25,29). The second kappa shape index (κ2) is 6.49. The van der Waals surface area contributed by atoms with Crippen molar-refractivity contribution in [3.8, 4) is 0 Å². The van der Waals surface area contributed by atoms with Crippen molar-refractivity contribution in [3.05, 3.63) is 54.1 Å². The molecule has 5 rings (SSSR count). The van der Waals surface area contributed by atoms with E-state index < -0.39 is 11.6 Å². The molecule has 2 aromatic carbocycles. The number of nitrogens with one attached hydrogen (secondary N) is 1. The maximum atomic E-state index is 13.9. The Bertz CT molecular complexity index is 1310. The van der Waals surface area contributed by atoms with Gasteiger partial charge in [0, 0.05) is 26.0 Å². The summed E-state index contributed by atoms with van der Waals surface area (Å²) in [5, 5.41) is 2.63. The van der Waals surface area contributed by atoms with E-state index in [9.17, 15) is 14.4 Å². The number of para-hydroxylation sites is 3. The molecular formula is C22H20N6O3. The van der Waals surface area contributed by atoms with Gasteiger partial charge >= 0.3 is 0 Å². The molecule has 9 nitrogen and oxygen atoms in total. The van der Waals surface area contributed by atoms with Crippen LogP contribution in [-0.2, 0) is 20.0 Å². The normalized spacial score (nSPS) is 19.5. The van der Waals surface area contributed by atoms with Gasteiger partial charge in [0.05, 0.1) is 16.7 Å². The lowest BCUT2D eigenvalue weighted by atomic mass is 10.00. The van der Waals surface area contributed by atoms with Crippen LogP contribution in [0.15, 0.2) is 53.5 Å². The van der Waals surface area contributed by atoms with Crippen molar-refractivity contribution in [3.63, 3.8) is 0 Å². The van der Waals surface area contributed by atoms with E-state index in [1.807, 2.05) is 55.5 Å². The number of aliphatic imine (C=N–C) groups is 1. The molecule has 2 aliphatic rings. The molecule has 1 aromatic heterocycles. The number of hydrogen-bond acceptors (Lipinski definition) is 5. The van der Waals surface area contributed by atoms with Crippen molar-refractivity contribution < 1.29 is 14.4 Å². The van der Waals surface area contributed by atoms with Crippen LogP contribution in [0.1, 0.15) is 26.3 Å². The maximum Gasteiger partial charge on any atom is 0.281 e. The molecule has 2 aliphatic heterocycles. The van der Waals surface area contributed by atoms with Gasteiger partial charge in [-0.15, -0.1) is 0 Å². The molecule has 1 unspecified atom stereocenters. The molecule has 1 atom stereocenters. The molecule has 0 saturated carbocycles. The topological polar surface area (TPSA) is 99.9 Å². The van der Waals surface area contributed by atoms with Gasteiger partial charge in [0.25, 0.3) is 5.91 Å². The number of amides is 3. The lowest BCUT2D eigenvalue weighted by Crippen LogP contribution is -2.56. The van der Waals surface area contributed by atoms with Gasteiger partial charge in [-0.25, -0.2) is 14.9 Å². The molecule has 1 spiro atoms. The Morgan fingerprint density at radius 3 is 2.48 bits per heavy atom. The maximum absolute atomic E-state index is 13.9. The van der Waals surface area contributed by atoms with Crippen LogP contribution >= 0.6 is 0 Å². The molecule has 31 heavy (non-hydrogen) atoms. The van der Waals surface area contributed by atoms with Gasteiger partial charge in [0.15, 0.2) is 0 Å². The molecule has 3 amide bonds. The van der Waals surface area contributed by atoms with Crippen LogP contribution in [0.25, 0.3) is 11.0 Å². The number of likely N-dealkylation sites (N-methyl/N-ethyl adjacent to an activating group) is 1. The number of imidazole rings is 1. The molecule has 3 aromatic rings. The van der Waals surface area contributed by atoms with Gasteiger partial charge in [-0.2, -0.15) is 0 Å². The number of aromatic nitrogens is 2. The van der Waals surface area contributed by atoms with Crippen molar-refractivity contribution in [2.75, 3.05) is 16.3 Å². The third-order valence-electron chi connectivity index (χ3n) is 5.58. The number of nitrogens with zero attached hydrogens (tertiary/aromatic N) is 5. The van der Waals surface area contributed by atoms with Gasteiger partial charge in [0.2, 0.25) is 29.4 Å². The Morgan fingerprint density at radius 2 is 1.77 bits per heavy atom. The van der Waals surface area contributed by atoms with Crippen LogP contribution < -0.4 is 15.1 Å². The molecule has 0 aliphatic carbocycles. The lowest BCUT2D eigenvalue weighted by Gasteiger charge is -2.36. The van der Waals surface area contributed by atoms with Gasteiger partial charge in [-0.3, -0.25) is 24.3 Å². The summed E-state index contributed by atoms with van der Waals surface area (Å²) in [6, 6.07) is 14.8. The van der Waals surface area contributed by atoms with Crippen molar-refractivity contribution in [2.24, 2.45) is 4.99 Å². The van der Waals surface area contributed by atoms with Crippen LogP contribution in [0.5, 0.6) is 0 Å². The van der Waals surface area contributed by atoms with Crippen molar-refractivity contribution in [2.45, 2.75) is 26.4 Å². The van der Waals surface area contributed by atoms with E-state index in [2.05, 4.69) is 10.3 Å². The van der Waals surface area contributed by atoms with E-state index in [-0.39, 0.29) is 23.7 Å². The number of guanidine groups is 1. The summed E-state index contributed by atoms with van der Waals surface area (Å²) < 4.78 is 1.70. The van der Waals surface area contributed by atoms with Crippen LogP contribution in [0.4, 0.5) is 11.6 Å². The average molecular weight is 416 g/mol. The predicted octanol–water partition coefficient (Wildman–Crippen LogP) is 1.96. The van der Waals surface area contributed by atoms with E-state index in [1.54, 1.807) is 9.47 Å². The zero-order valence-electron chi connectivity index (χ0n) is 17.3. The first-order valence-electron chi connectivity index (χ1n) is 9.97. The highest BCUT2D eigenvalue weighted by atomic mass is 16.2. The Labute approximate surface area is 178 Å². The van der Waals surface area contributed by atoms with E-state index in [0.29, 0.717) is 23.1 Å². The quantitative estimate of drug-likeness (QED) is 0.655. The van der Waals surface area contributed by atoms with Gasteiger partial charge in [-0.1, -0.05) is 30.3 Å². The van der Waals surface area contributed by atoms with E-state index in [1.165, 1.54) is 18.7 Å². The number of carbonyl (C=O) groups excluding carboxylic acids is 3. The minimum absolute atomic E-state index is 0.0242. The van der Waals surface area contributed by atoms with Gasteiger partial charge < -0.3 is 4.90 Å². The number of hydrogen-bond donors (Lipinski definition) is 1. The van der Waals surface area contributed by atoms with E-state index in [0.717, 1.165) is 5.69 Å². The second-order valence-corrected chi connectivity index (χ2v) is 7.45. The van der Waals surface area contributed by atoms with Crippen molar-refractivity contribution in [1.29, 1.82) is 0 Å². The molecule has 0 bridgehead atoms. The first-order chi connectivity index (χ1) is 14.9. The molecule has 0 saturated heterocycles. The molecule has 0 fully saturated rings. The average Bonchev–Trinajstić information content (AvgIpc) is 3.22. The lowest BCUT2D eigenvalue weighted by molar-refractivity contribution is -0.124. The van der Waals surface area contributed by atoms with Crippen LogP contribution in [0, 0.1) is 0 Å². The molecule has 0 radical (unpaired) electrons. The number of fused-ring (bicyclic) bond motifs is 6. The number of anilines is 2. The fraction of sp³-hybridized carbons (Fsp3) is 0.227. The minimum atomic E-state index is -1.53. The van der Waals surface area contributed by atoms with Crippen LogP contribution in [0.2, 0.25) is 0 Å². The highest BCUT2D eigenvalue weighted by molar-refractivity contribution is 6.22. The number of rotatable bonds is 1. The largest absolute Gasteiger partial charge is 0.308 e. The number of carbonyl (C=O) groups is 3. The van der Waals surface area contributed by atoms with E-state index >= 15 is 0 Å². The highest BCUT2D eigenvalue weighted by Gasteiger charge is 2.57. The minimum Gasteiger partial charge on any atom is -0.308 e. The Morgan fingerprint density at radius 1 is 1.06 bits per heavy atom. The molecule has 9 heteroatoms. The highest BCUT2D eigenvalue weighted by Crippen LogP contribution is 2.48. The molecule has 3 heterocycles. The van der Waals surface area contributed by atoms with Crippen molar-refractivity contribution in [1.82, 2.24) is 14.9 Å². The number of benzene rings is 2. The Kier molecular flexibility index (Phi) is 3.98. The Hall–Kier alpha value is -4.01. The van der Waals surface area contributed by atoms with Gasteiger partial charge in [0.1, 0.15) is 0 Å². The summed E-state index contributed by atoms with van der Waals surface area (Å²) in [5.74, 6) is -0.857. The molecule has 1 N–H and O–H groups in total. The second-order valence-electron chi connectivity index (χ2n) is 7.45. The first-order valence-corrected chi connectivity index (χ1v) is 9.97. The Balaban J connectivity index is 1.94. The smallest absolute Gasteiger partial charge is 0.281 e. The molecule has 156 valence electrons. The zero-order chi connectivity index (χ0) is 21.9. The van der Waals surface area contributed by atoms with E-state index in [4.69, 9.17) is 4.99 Å². The van der Waals surface area contributed by atoms with Crippen molar-refractivity contribution >= 4 is 46.4 Å². The third kappa shape index (κ3) is 2.40. The van der Waals surface area contributed by atoms with Crippen LogP contribution in [0.3, 0.4) is 0 Å². The summed E-state index contributed by atoms with van der Waals surface area (Å²) in [6.07, 6.45) is 0. The summed E-state index contributed by atoms with van der Waals surface area (Å²) in [7, 11) is 0. The fourth-order valence-corrected chi connectivity index (χ4v) is 4.42. The first kappa shape index (κ1) is 19.0. The molecular weight excluding hydrogens is 396 g/mol. The van der Waals surface area contributed by atoms with Crippen LogP contribution in [-0.4, -0.2) is 39.8 Å². The summed E-state index contributed by atoms with van der Waals surface area (Å²) in [6.45, 7) is 5.03. The van der Waals surface area contributed by atoms with Gasteiger partial charge in [-0.05, 0) is 25.1 Å².